The van der Waals surface area contributed by atoms with E-state index >= 15 is 0 Å². The molecular weight excluding hydrogens is 535 g/mol. The summed E-state index contributed by atoms with van der Waals surface area (Å²) in [4.78, 5) is 19.7. The van der Waals surface area contributed by atoms with E-state index in [0.717, 1.165) is 17.8 Å². The Morgan fingerprint density at radius 3 is 2.53 bits per heavy atom. The predicted molar refractivity (Wildman–Crippen MR) is 128 cm³/mol. The number of carbonyl (C=O) groups excluding carboxylic acids is 1. The van der Waals surface area contributed by atoms with Crippen LogP contribution in [0.3, 0.4) is 0 Å². The second-order valence-corrected chi connectivity index (χ2v) is 7.03. The minimum atomic E-state index is -2.86. The van der Waals surface area contributed by atoms with Crippen LogP contribution in [-0.4, -0.2) is 77.3 Å². The van der Waals surface area contributed by atoms with Gasteiger partial charge >= 0.3 is 6.61 Å². The van der Waals surface area contributed by atoms with Crippen LogP contribution >= 0.6 is 24.0 Å². The minimum absolute atomic E-state index is 0. The van der Waals surface area contributed by atoms with E-state index in [2.05, 4.69) is 25.2 Å². The predicted octanol–water partition coefficient (Wildman–Crippen LogP) is 2.23. The zero-order valence-electron chi connectivity index (χ0n) is 18.7. The van der Waals surface area contributed by atoms with Crippen LogP contribution < -0.4 is 10.1 Å². The number of alkyl halides is 2. The van der Waals surface area contributed by atoms with Crippen LogP contribution in [0.25, 0.3) is 0 Å². The molecule has 0 fully saturated rings. The molecule has 0 saturated heterocycles. The molecule has 0 bridgehead atoms. The maximum absolute atomic E-state index is 12.3. The Kier molecular flexibility index (Phi) is 11.9. The number of aryl methyl sites for hydroxylation is 1. The first kappa shape index (κ1) is 27.5. The number of guanidine groups is 1. The number of nitrogens with zero attached hydrogens (tertiary/aromatic N) is 6. The van der Waals surface area contributed by atoms with Gasteiger partial charge in [0.2, 0.25) is 5.91 Å². The van der Waals surface area contributed by atoms with Crippen LogP contribution in [0.4, 0.5) is 8.78 Å². The van der Waals surface area contributed by atoms with Crippen molar-refractivity contribution in [2.45, 2.75) is 33.0 Å². The average molecular weight is 565 g/mol. The van der Waals surface area contributed by atoms with Crippen molar-refractivity contribution in [1.29, 1.82) is 0 Å². The molecule has 2 aromatic rings. The number of carbonyl (C=O) groups is 1. The number of aromatic nitrogens is 3. The molecule has 1 amide bonds. The topological polar surface area (TPSA) is 87.9 Å². The first-order chi connectivity index (χ1) is 14.8. The highest BCUT2D eigenvalue weighted by molar-refractivity contribution is 14.0. The lowest BCUT2D eigenvalue weighted by Gasteiger charge is -2.23. The first-order valence-corrected chi connectivity index (χ1v) is 9.90. The SMILES string of the molecule is CCc1nncn1CCNC(=NCC(=O)N(C)C)N(C)Cc1ccc(OC(F)F)cc1.I. The smallest absolute Gasteiger partial charge is 0.387 e. The third-order valence-corrected chi connectivity index (χ3v) is 4.44. The Bertz CT molecular complexity index is 860. The van der Waals surface area contributed by atoms with Gasteiger partial charge in [-0.2, -0.15) is 8.78 Å². The molecule has 2 rings (SSSR count). The average Bonchev–Trinajstić information content (AvgIpc) is 3.18. The Labute approximate surface area is 203 Å². The molecule has 0 unspecified atom stereocenters. The summed E-state index contributed by atoms with van der Waals surface area (Å²) in [6, 6.07) is 6.41. The van der Waals surface area contributed by atoms with E-state index in [-0.39, 0.29) is 42.2 Å². The molecule has 0 aliphatic carbocycles. The number of benzene rings is 1. The highest BCUT2D eigenvalue weighted by Gasteiger charge is 2.11. The summed E-state index contributed by atoms with van der Waals surface area (Å²) in [7, 11) is 5.19. The molecule has 0 atom stereocenters. The van der Waals surface area contributed by atoms with E-state index in [1.807, 2.05) is 23.4 Å². The molecule has 1 N–H and O–H groups in total. The van der Waals surface area contributed by atoms with Crippen LogP contribution in [0.5, 0.6) is 5.75 Å². The van der Waals surface area contributed by atoms with Crippen LogP contribution in [-0.2, 0) is 24.3 Å². The fraction of sp³-hybridized carbons (Fsp3) is 0.500. The Morgan fingerprint density at radius 2 is 1.94 bits per heavy atom. The number of amides is 1. The van der Waals surface area contributed by atoms with Crippen LogP contribution in [0.15, 0.2) is 35.6 Å². The summed E-state index contributed by atoms with van der Waals surface area (Å²) in [5.74, 6) is 1.43. The van der Waals surface area contributed by atoms with Crippen molar-refractivity contribution < 1.29 is 18.3 Å². The summed E-state index contributed by atoms with van der Waals surface area (Å²) in [5.41, 5.74) is 0.879. The lowest BCUT2D eigenvalue weighted by Crippen LogP contribution is -2.41. The fourth-order valence-electron chi connectivity index (χ4n) is 2.75. The van der Waals surface area contributed by atoms with Crippen molar-refractivity contribution in [3.63, 3.8) is 0 Å². The molecule has 1 heterocycles. The van der Waals surface area contributed by atoms with Gasteiger partial charge in [0, 0.05) is 47.2 Å². The summed E-state index contributed by atoms with van der Waals surface area (Å²) >= 11 is 0. The van der Waals surface area contributed by atoms with E-state index in [1.165, 1.54) is 17.0 Å². The molecule has 0 aliphatic heterocycles. The van der Waals surface area contributed by atoms with Gasteiger partial charge in [-0.3, -0.25) is 4.79 Å². The van der Waals surface area contributed by atoms with Crippen molar-refractivity contribution in [2.75, 3.05) is 34.2 Å². The van der Waals surface area contributed by atoms with Gasteiger partial charge in [0.15, 0.2) is 5.96 Å². The number of rotatable bonds is 10. The number of hydrogen-bond donors (Lipinski definition) is 1. The number of hydrogen-bond acceptors (Lipinski definition) is 5. The number of ether oxygens (including phenoxy) is 1. The molecule has 32 heavy (non-hydrogen) atoms. The second kappa shape index (κ2) is 13.8. The molecule has 178 valence electrons. The molecule has 9 nitrogen and oxygen atoms in total. The summed E-state index contributed by atoms with van der Waals surface area (Å²) in [6.45, 7) is 0.830. The summed E-state index contributed by atoms with van der Waals surface area (Å²) in [6.07, 6.45) is 2.46. The van der Waals surface area contributed by atoms with Crippen LogP contribution in [0.2, 0.25) is 0 Å². The molecule has 1 aromatic heterocycles. The van der Waals surface area contributed by atoms with E-state index in [9.17, 15) is 13.6 Å². The van der Waals surface area contributed by atoms with E-state index < -0.39 is 6.61 Å². The monoisotopic (exact) mass is 565 g/mol. The molecule has 0 aliphatic rings. The third-order valence-electron chi connectivity index (χ3n) is 4.44. The van der Waals surface area contributed by atoms with Crippen molar-refractivity contribution in [2.24, 2.45) is 4.99 Å². The van der Waals surface area contributed by atoms with Gasteiger partial charge in [0.1, 0.15) is 24.4 Å². The van der Waals surface area contributed by atoms with E-state index in [1.54, 1.807) is 32.6 Å². The molecular formula is C20H30F2IN7O2. The summed E-state index contributed by atoms with van der Waals surface area (Å²) in [5, 5.41) is 11.3. The van der Waals surface area contributed by atoms with E-state index in [4.69, 9.17) is 0 Å². The summed E-state index contributed by atoms with van der Waals surface area (Å²) < 4.78 is 31.0. The van der Waals surface area contributed by atoms with Gasteiger partial charge in [-0.25, -0.2) is 4.99 Å². The van der Waals surface area contributed by atoms with Gasteiger partial charge in [-0.1, -0.05) is 19.1 Å². The number of nitrogens with one attached hydrogen (secondary N) is 1. The number of likely N-dealkylation sites (N-methyl/N-ethyl adjacent to an activating group) is 1. The molecule has 0 radical (unpaired) electrons. The largest absolute Gasteiger partial charge is 0.435 e. The number of aliphatic imine (C=N–C) groups is 1. The third kappa shape index (κ3) is 8.93. The second-order valence-electron chi connectivity index (χ2n) is 7.03. The van der Waals surface area contributed by atoms with Gasteiger partial charge in [0.25, 0.3) is 0 Å². The van der Waals surface area contributed by atoms with Crippen LogP contribution in [0.1, 0.15) is 18.3 Å². The molecule has 0 saturated carbocycles. The normalized spacial score (nSPS) is 11.2. The Hall–Kier alpha value is -2.51. The minimum Gasteiger partial charge on any atom is -0.435 e. The lowest BCUT2D eigenvalue weighted by atomic mass is 10.2. The quantitative estimate of drug-likeness (QED) is 0.270. The fourth-order valence-corrected chi connectivity index (χ4v) is 2.75. The number of halogens is 3. The standard InChI is InChI=1S/C20H29F2N7O2.HI/c1-5-17-26-25-14-29(17)11-10-23-20(24-12-18(30)27(2)3)28(4)13-15-6-8-16(9-7-15)31-19(21)22;/h6-9,14,19H,5,10-13H2,1-4H3,(H,23,24);1H. The maximum Gasteiger partial charge on any atom is 0.387 e. The van der Waals surface area contributed by atoms with Crippen molar-refractivity contribution >= 4 is 35.8 Å². The Morgan fingerprint density at radius 1 is 1.25 bits per heavy atom. The van der Waals surface area contributed by atoms with Gasteiger partial charge in [0.05, 0.1) is 0 Å². The van der Waals surface area contributed by atoms with Gasteiger partial charge in [-0.15, -0.1) is 34.2 Å². The zero-order chi connectivity index (χ0) is 22.8. The molecule has 0 spiro atoms. The lowest BCUT2D eigenvalue weighted by molar-refractivity contribution is -0.127. The Balaban J connectivity index is 0.00000512. The van der Waals surface area contributed by atoms with Crippen molar-refractivity contribution in [3.8, 4) is 5.75 Å². The van der Waals surface area contributed by atoms with Crippen molar-refractivity contribution in [1.82, 2.24) is 29.9 Å². The first-order valence-electron chi connectivity index (χ1n) is 9.90. The van der Waals surface area contributed by atoms with E-state index in [0.29, 0.717) is 25.6 Å². The highest BCUT2D eigenvalue weighted by atomic mass is 127. The van der Waals surface area contributed by atoms with Crippen molar-refractivity contribution in [3.05, 3.63) is 42.0 Å². The molecule has 1 aromatic carbocycles. The highest BCUT2D eigenvalue weighted by Crippen LogP contribution is 2.15. The zero-order valence-corrected chi connectivity index (χ0v) is 21.0. The van der Waals surface area contributed by atoms with Gasteiger partial charge in [-0.05, 0) is 17.7 Å². The molecule has 12 heteroatoms. The van der Waals surface area contributed by atoms with Gasteiger partial charge < -0.3 is 24.4 Å². The van der Waals surface area contributed by atoms with Crippen LogP contribution in [0, 0.1) is 0 Å². The maximum atomic E-state index is 12.3.